The van der Waals surface area contributed by atoms with Crippen molar-refractivity contribution >= 4 is 5.69 Å². The van der Waals surface area contributed by atoms with Gasteiger partial charge in [0.25, 0.3) is 0 Å². The molecule has 0 saturated carbocycles. The molecule has 1 aromatic carbocycles. The van der Waals surface area contributed by atoms with E-state index >= 15 is 0 Å². The van der Waals surface area contributed by atoms with E-state index in [2.05, 4.69) is 5.32 Å². The molecule has 0 radical (unpaired) electrons. The van der Waals surface area contributed by atoms with Crippen LogP contribution in [0.3, 0.4) is 0 Å². The fourth-order valence-corrected chi connectivity index (χ4v) is 1.74. The van der Waals surface area contributed by atoms with Gasteiger partial charge < -0.3 is 5.32 Å². The summed E-state index contributed by atoms with van der Waals surface area (Å²) in [5.41, 5.74) is 0.901. The molecule has 0 unspecified atom stereocenters. The van der Waals surface area contributed by atoms with E-state index in [1.807, 2.05) is 6.08 Å². The second-order valence-corrected chi connectivity index (χ2v) is 3.83. The van der Waals surface area contributed by atoms with Crippen LogP contribution in [-0.4, -0.2) is 0 Å². The number of benzene rings is 1. The van der Waals surface area contributed by atoms with Crippen LogP contribution in [0.2, 0.25) is 0 Å². The van der Waals surface area contributed by atoms with Crippen molar-refractivity contribution in [3.63, 3.8) is 0 Å². The van der Waals surface area contributed by atoms with Gasteiger partial charge in [0.2, 0.25) is 0 Å². The Morgan fingerprint density at radius 2 is 2.00 bits per heavy atom. The van der Waals surface area contributed by atoms with Gasteiger partial charge in [-0.1, -0.05) is 12.1 Å². The van der Waals surface area contributed by atoms with Crippen molar-refractivity contribution in [3.8, 4) is 0 Å². The second kappa shape index (κ2) is 4.20. The monoisotopic (exact) mass is 227 g/mol. The minimum Gasteiger partial charge on any atom is -0.359 e. The lowest BCUT2D eigenvalue weighted by Gasteiger charge is -2.11. The van der Waals surface area contributed by atoms with Gasteiger partial charge in [0.1, 0.15) is 0 Å². The molecule has 0 aromatic heterocycles. The molecule has 1 nitrogen and oxygen atoms in total. The third-order valence-corrected chi connectivity index (χ3v) is 2.54. The fourth-order valence-electron chi connectivity index (χ4n) is 1.74. The van der Waals surface area contributed by atoms with Crippen LogP contribution in [0, 0.1) is 0 Å². The van der Waals surface area contributed by atoms with E-state index in [4.69, 9.17) is 0 Å². The first-order chi connectivity index (χ1) is 7.55. The van der Waals surface area contributed by atoms with Crippen LogP contribution in [0.5, 0.6) is 0 Å². The SMILES string of the molecule is FC(F)(F)c1cccc(NC2=CCCC2)c1. The molecule has 0 aliphatic heterocycles. The number of hydrogen-bond acceptors (Lipinski definition) is 1. The van der Waals surface area contributed by atoms with E-state index in [0.29, 0.717) is 5.69 Å². The van der Waals surface area contributed by atoms with Crippen LogP contribution in [0.15, 0.2) is 36.0 Å². The van der Waals surface area contributed by atoms with Gasteiger partial charge in [0.15, 0.2) is 0 Å². The summed E-state index contributed by atoms with van der Waals surface area (Å²) in [5.74, 6) is 0. The van der Waals surface area contributed by atoms with Crippen molar-refractivity contribution in [2.45, 2.75) is 25.4 Å². The van der Waals surface area contributed by atoms with Crippen molar-refractivity contribution in [1.29, 1.82) is 0 Å². The normalized spacial score (nSPS) is 16.1. The molecule has 0 bridgehead atoms. The highest BCUT2D eigenvalue weighted by Crippen LogP contribution is 2.31. The summed E-state index contributed by atoms with van der Waals surface area (Å²) in [4.78, 5) is 0. The maximum absolute atomic E-state index is 12.4. The zero-order valence-electron chi connectivity index (χ0n) is 8.64. The van der Waals surface area contributed by atoms with Crippen molar-refractivity contribution in [2.24, 2.45) is 0 Å². The van der Waals surface area contributed by atoms with Crippen LogP contribution in [-0.2, 0) is 6.18 Å². The Morgan fingerprint density at radius 3 is 2.62 bits per heavy atom. The largest absolute Gasteiger partial charge is 0.416 e. The Bertz CT molecular complexity index is 407. The zero-order valence-corrected chi connectivity index (χ0v) is 8.64. The van der Waals surface area contributed by atoms with Gasteiger partial charge in [0.05, 0.1) is 5.56 Å². The summed E-state index contributed by atoms with van der Waals surface area (Å²) in [5, 5.41) is 3.01. The number of alkyl halides is 3. The standard InChI is InChI=1S/C12H12F3N/c13-12(14,15)9-4-3-7-11(8-9)16-10-5-1-2-6-10/h3-5,7-8,16H,1-2,6H2. The molecule has 0 saturated heterocycles. The molecule has 2 rings (SSSR count). The number of halogens is 3. The average molecular weight is 227 g/mol. The fraction of sp³-hybridized carbons (Fsp3) is 0.333. The first-order valence-electron chi connectivity index (χ1n) is 5.19. The Kier molecular flexibility index (Phi) is 2.90. The van der Waals surface area contributed by atoms with Crippen LogP contribution >= 0.6 is 0 Å². The molecular weight excluding hydrogens is 215 g/mol. The van der Waals surface area contributed by atoms with E-state index in [-0.39, 0.29) is 0 Å². The van der Waals surface area contributed by atoms with Crippen molar-refractivity contribution in [2.75, 3.05) is 5.32 Å². The van der Waals surface area contributed by atoms with Crippen LogP contribution in [0.25, 0.3) is 0 Å². The summed E-state index contributed by atoms with van der Waals surface area (Å²) in [6.45, 7) is 0. The lowest BCUT2D eigenvalue weighted by Crippen LogP contribution is -2.05. The van der Waals surface area contributed by atoms with Gasteiger partial charge in [-0.2, -0.15) is 13.2 Å². The number of allylic oxidation sites excluding steroid dienone is 2. The van der Waals surface area contributed by atoms with Crippen LogP contribution < -0.4 is 5.32 Å². The Morgan fingerprint density at radius 1 is 1.19 bits per heavy atom. The molecule has 0 heterocycles. The maximum Gasteiger partial charge on any atom is 0.416 e. The van der Waals surface area contributed by atoms with Gasteiger partial charge in [-0.05, 0) is 37.5 Å². The summed E-state index contributed by atoms with van der Waals surface area (Å²) < 4.78 is 37.3. The second-order valence-electron chi connectivity index (χ2n) is 3.83. The molecule has 1 aromatic rings. The molecule has 0 fully saturated rings. The van der Waals surface area contributed by atoms with Crippen LogP contribution in [0.1, 0.15) is 24.8 Å². The van der Waals surface area contributed by atoms with Gasteiger partial charge in [0, 0.05) is 11.4 Å². The first kappa shape index (κ1) is 11.0. The Labute approximate surface area is 92.0 Å². The Hall–Kier alpha value is -1.45. The van der Waals surface area contributed by atoms with Gasteiger partial charge >= 0.3 is 6.18 Å². The predicted octanol–water partition coefficient (Wildman–Crippen LogP) is 4.19. The summed E-state index contributed by atoms with van der Waals surface area (Å²) in [6, 6.07) is 5.28. The van der Waals surface area contributed by atoms with Crippen molar-refractivity contribution < 1.29 is 13.2 Å². The van der Waals surface area contributed by atoms with E-state index in [1.54, 1.807) is 6.07 Å². The zero-order chi connectivity index (χ0) is 11.6. The molecule has 86 valence electrons. The summed E-state index contributed by atoms with van der Waals surface area (Å²) >= 11 is 0. The molecular formula is C12H12F3N. The molecule has 16 heavy (non-hydrogen) atoms. The minimum absolute atomic E-state index is 0.503. The smallest absolute Gasteiger partial charge is 0.359 e. The molecule has 1 aliphatic rings. The average Bonchev–Trinajstić information content (AvgIpc) is 2.70. The molecule has 1 N–H and O–H groups in total. The van der Waals surface area contributed by atoms with Gasteiger partial charge in [-0.3, -0.25) is 0 Å². The van der Waals surface area contributed by atoms with E-state index in [0.717, 1.165) is 37.1 Å². The van der Waals surface area contributed by atoms with Gasteiger partial charge in [-0.15, -0.1) is 0 Å². The lowest BCUT2D eigenvalue weighted by atomic mass is 10.2. The topological polar surface area (TPSA) is 12.0 Å². The quantitative estimate of drug-likeness (QED) is 0.798. The predicted molar refractivity (Wildman–Crippen MR) is 57.0 cm³/mol. The summed E-state index contributed by atoms with van der Waals surface area (Å²) in [6.07, 6.45) is 0.737. The highest BCUT2D eigenvalue weighted by molar-refractivity contribution is 5.51. The number of rotatable bonds is 2. The van der Waals surface area contributed by atoms with E-state index in [1.165, 1.54) is 6.07 Å². The highest BCUT2D eigenvalue weighted by atomic mass is 19.4. The summed E-state index contributed by atoms with van der Waals surface area (Å²) in [7, 11) is 0. The third kappa shape index (κ3) is 2.56. The van der Waals surface area contributed by atoms with Crippen molar-refractivity contribution in [1.82, 2.24) is 0 Å². The lowest BCUT2D eigenvalue weighted by molar-refractivity contribution is -0.137. The minimum atomic E-state index is -4.28. The number of hydrogen-bond donors (Lipinski definition) is 1. The third-order valence-electron chi connectivity index (χ3n) is 2.54. The molecule has 0 atom stereocenters. The van der Waals surface area contributed by atoms with Gasteiger partial charge in [-0.25, -0.2) is 0 Å². The van der Waals surface area contributed by atoms with E-state index in [9.17, 15) is 13.2 Å². The number of nitrogens with one attached hydrogen (secondary N) is 1. The van der Waals surface area contributed by atoms with Crippen LogP contribution in [0.4, 0.5) is 18.9 Å². The number of anilines is 1. The van der Waals surface area contributed by atoms with Crippen molar-refractivity contribution in [3.05, 3.63) is 41.6 Å². The molecule has 0 amide bonds. The molecule has 4 heteroatoms. The highest BCUT2D eigenvalue weighted by Gasteiger charge is 2.30. The van der Waals surface area contributed by atoms with E-state index < -0.39 is 11.7 Å². The first-order valence-corrected chi connectivity index (χ1v) is 5.19. The maximum atomic E-state index is 12.4. The molecule has 0 spiro atoms. The molecule has 1 aliphatic carbocycles. The Balaban J connectivity index is 2.16.